The van der Waals surface area contributed by atoms with Crippen molar-refractivity contribution in [3.8, 4) is 0 Å². The van der Waals surface area contributed by atoms with Crippen molar-refractivity contribution in [1.29, 1.82) is 0 Å². The predicted molar refractivity (Wildman–Crippen MR) is 98.0 cm³/mol. The van der Waals surface area contributed by atoms with Gasteiger partial charge in [-0.15, -0.1) is 0 Å². The standard InChI is InChI=1S/C17H15N5O5/c1-9-11(5-4-6-13(9)22(26)27)19-15(23)12-8-7-10-14(18-12)20(2)17(25)21(3)16(10)24/h4-8H,1-3H3,(H,19,23). The Morgan fingerprint density at radius 1 is 1.15 bits per heavy atom. The normalized spacial score (nSPS) is 10.8. The van der Waals surface area contributed by atoms with E-state index in [1.807, 2.05) is 0 Å². The average Bonchev–Trinajstić information content (AvgIpc) is 2.65. The molecule has 1 aromatic carbocycles. The molecule has 0 unspecified atom stereocenters. The lowest BCUT2D eigenvalue weighted by Gasteiger charge is -2.10. The molecular weight excluding hydrogens is 354 g/mol. The minimum absolute atomic E-state index is 0.0309. The van der Waals surface area contributed by atoms with E-state index < -0.39 is 22.1 Å². The summed E-state index contributed by atoms with van der Waals surface area (Å²) >= 11 is 0. The maximum atomic E-state index is 12.5. The predicted octanol–water partition coefficient (Wildman–Crippen LogP) is 1.10. The molecule has 0 aliphatic heterocycles. The molecule has 10 nitrogen and oxygen atoms in total. The SMILES string of the molecule is Cc1c(NC(=O)c2ccc3c(=O)n(C)c(=O)n(C)c3n2)cccc1[N+](=O)[O-]. The number of nitrogens with zero attached hydrogens (tertiary/aromatic N) is 4. The van der Waals surface area contributed by atoms with Crippen LogP contribution in [0, 0.1) is 17.0 Å². The van der Waals surface area contributed by atoms with Gasteiger partial charge in [0.2, 0.25) is 0 Å². The first-order chi connectivity index (χ1) is 12.7. The number of fused-ring (bicyclic) bond motifs is 1. The van der Waals surface area contributed by atoms with E-state index in [1.54, 1.807) is 0 Å². The molecule has 1 amide bonds. The van der Waals surface area contributed by atoms with Crippen LogP contribution in [0.1, 0.15) is 16.1 Å². The van der Waals surface area contributed by atoms with Gasteiger partial charge < -0.3 is 5.32 Å². The highest BCUT2D eigenvalue weighted by Crippen LogP contribution is 2.25. The fourth-order valence-electron chi connectivity index (χ4n) is 2.72. The Balaban J connectivity index is 2.05. The van der Waals surface area contributed by atoms with E-state index in [4.69, 9.17) is 0 Å². The Labute approximate surface area is 151 Å². The van der Waals surface area contributed by atoms with Crippen molar-refractivity contribution in [3.05, 3.63) is 72.5 Å². The summed E-state index contributed by atoms with van der Waals surface area (Å²) in [6.07, 6.45) is 0. The first-order valence-corrected chi connectivity index (χ1v) is 7.84. The zero-order valence-corrected chi connectivity index (χ0v) is 14.7. The van der Waals surface area contributed by atoms with Crippen molar-refractivity contribution in [2.75, 3.05) is 5.32 Å². The Kier molecular flexibility index (Phi) is 4.32. The summed E-state index contributed by atoms with van der Waals surface area (Å²) in [6, 6.07) is 7.11. The molecule has 0 saturated heterocycles. The monoisotopic (exact) mass is 369 g/mol. The lowest BCUT2D eigenvalue weighted by Crippen LogP contribution is -2.37. The zero-order valence-electron chi connectivity index (χ0n) is 14.7. The molecule has 0 bridgehead atoms. The van der Waals surface area contributed by atoms with Gasteiger partial charge in [-0.25, -0.2) is 9.78 Å². The third-order valence-corrected chi connectivity index (χ3v) is 4.28. The summed E-state index contributed by atoms with van der Waals surface area (Å²) in [5.41, 5.74) is -0.575. The van der Waals surface area contributed by atoms with Gasteiger partial charge >= 0.3 is 5.69 Å². The Bertz CT molecular complexity index is 1220. The molecule has 0 fully saturated rings. The number of hydrogen-bond acceptors (Lipinski definition) is 6. The fraction of sp³-hybridized carbons (Fsp3) is 0.176. The minimum Gasteiger partial charge on any atom is -0.320 e. The van der Waals surface area contributed by atoms with Gasteiger partial charge in [-0.3, -0.25) is 28.8 Å². The van der Waals surface area contributed by atoms with Crippen LogP contribution in [0.2, 0.25) is 0 Å². The van der Waals surface area contributed by atoms with Gasteiger partial charge in [0.25, 0.3) is 17.2 Å². The largest absolute Gasteiger partial charge is 0.332 e. The molecule has 2 heterocycles. The first kappa shape index (κ1) is 18.0. The molecule has 2 aromatic heterocycles. The molecule has 0 radical (unpaired) electrons. The number of carbonyl (C=O) groups is 1. The van der Waals surface area contributed by atoms with Crippen molar-refractivity contribution < 1.29 is 9.72 Å². The van der Waals surface area contributed by atoms with Crippen molar-refractivity contribution >= 4 is 28.3 Å². The maximum Gasteiger partial charge on any atom is 0.332 e. The summed E-state index contributed by atoms with van der Waals surface area (Å²) in [4.78, 5) is 51.3. The Morgan fingerprint density at radius 2 is 1.85 bits per heavy atom. The molecule has 138 valence electrons. The van der Waals surface area contributed by atoms with Crippen LogP contribution in [0.3, 0.4) is 0 Å². The summed E-state index contributed by atoms with van der Waals surface area (Å²) in [6.45, 7) is 1.52. The number of amides is 1. The third-order valence-electron chi connectivity index (χ3n) is 4.28. The second-order valence-corrected chi connectivity index (χ2v) is 5.93. The molecule has 10 heteroatoms. The fourth-order valence-corrected chi connectivity index (χ4v) is 2.72. The van der Waals surface area contributed by atoms with E-state index in [-0.39, 0.29) is 28.1 Å². The lowest BCUT2D eigenvalue weighted by atomic mass is 10.1. The highest BCUT2D eigenvalue weighted by molar-refractivity contribution is 6.04. The van der Waals surface area contributed by atoms with Crippen molar-refractivity contribution in [2.24, 2.45) is 14.1 Å². The zero-order chi connectivity index (χ0) is 19.9. The number of nitro benzene ring substituents is 1. The van der Waals surface area contributed by atoms with Gasteiger partial charge in [-0.2, -0.15) is 0 Å². The number of aromatic nitrogens is 3. The van der Waals surface area contributed by atoms with Crippen LogP contribution in [-0.4, -0.2) is 24.9 Å². The summed E-state index contributed by atoms with van der Waals surface area (Å²) < 4.78 is 2.13. The van der Waals surface area contributed by atoms with Crippen LogP contribution < -0.4 is 16.6 Å². The molecule has 27 heavy (non-hydrogen) atoms. The Morgan fingerprint density at radius 3 is 2.52 bits per heavy atom. The molecule has 0 spiro atoms. The number of pyridine rings is 1. The molecule has 3 rings (SSSR count). The minimum atomic E-state index is -0.617. The molecule has 3 aromatic rings. The van der Waals surface area contributed by atoms with Crippen LogP contribution in [0.5, 0.6) is 0 Å². The number of rotatable bonds is 3. The van der Waals surface area contributed by atoms with Crippen molar-refractivity contribution in [3.63, 3.8) is 0 Å². The second kappa shape index (κ2) is 6.48. The number of hydrogen-bond donors (Lipinski definition) is 1. The average molecular weight is 369 g/mol. The van der Waals surface area contributed by atoms with Crippen LogP contribution in [0.15, 0.2) is 39.9 Å². The van der Waals surface area contributed by atoms with E-state index >= 15 is 0 Å². The number of nitro groups is 1. The lowest BCUT2D eigenvalue weighted by molar-refractivity contribution is -0.385. The molecular formula is C17H15N5O5. The third kappa shape index (κ3) is 2.97. The van der Waals surface area contributed by atoms with Crippen LogP contribution in [0.4, 0.5) is 11.4 Å². The van der Waals surface area contributed by atoms with Crippen LogP contribution in [-0.2, 0) is 14.1 Å². The van der Waals surface area contributed by atoms with E-state index in [1.165, 1.54) is 55.9 Å². The van der Waals surface area contributed by atoms with Crippen LogP contribution in [0.25, 0.3) is 11.0 Å². The van der Waals surface area contributed by atoms with Gasteiger partial charge in [0.05, 0.1) is 21.6 Å². The van der Waals surface area contributed by atoms with Gasteiger partial charge in [-0.1, -0.05) is 6.07 Å². The number of benzene rings is 1. The molecule has 0 aliphatic rings. The quantitative estimate of drug-likeness (QED) is 0.544. The van der Waals surface area contributed by atoms with E-state index in [2.05, 4.69) is 10.3 Å². The molecule has 0 aliphatic carbocycles. The summed E-state index contributed by atoms with van der Waals surface area (Å²) in [5, 5.41) is 13.8. The molecule has 1 N–H and O–H groups in total. The second-order valence-electron chi connectivity index (χ2n) is 5.93. The van der Waals surface area contributed by atoms with Gasteiger partial charge in [0.15, 0.2) is 0 Å². The van der Waals surface area contributed by atoms with Crippen LogP contribution >= 0.6 is 0 Å². The first-order valence-electron chi connectivity index (χ1n) is 7.84. The highest BCUT2D eigenvalue weighted by Gasteiger charge is 2.17. The van der Waals surface area contributed by atoms with E-state index in [0.717, 1.165) is 4.57 Å². The topological polar surface area (TPSA) is 129 Å². The number of aryl methyl sites for hydroxylation is 1. The van der Waals surface area contributed by atoms with Gasteiger partial charge in [0, 0.05) is 20.2 Å². The molecule has 0 saturated carbocycles. The van der Waals surface area contributed by atoms with Crippen molar-refractivity contribution in [1.82, 2.24) is 14.1 Å². The summed E-state index contributed by atoms with van der Waals surface area (Å²) in [7, 11) is 2.80. The molecule has 0 atom stereocenters. The van der Waals surface area contributed by atoms with Gasteiger partial charge in [0.1, 0.15) is 11.3 Å². The number of carbonyl (C=O) groups excluding carboxylic acids is 1. The number of anilines is 1. The van der Waals surface area contributed by atoms with E-state index in [0.29, 0.717) is 5.56 Å². The summed E-state index contributed by atoms with van der Waals surface area (Å²) in [5.74, 6) is -0.617. The maximum absolute atomic E-state index is 12.5. The Hall–Kier alpha value is -3.82. The van der Waals surface area contributed by atoms with Gasteiger partial charge in [-0.05, 0) is 25.1 Å². The highest BCUT2D eigenvalue weighted by atomic mass is 16.6. The smallest absolute Gasteiger partial charge is 0.320 e. The van der Waals surface area contributed by atoms with E-state index in [9.17, 15) is 24.5 Å². The number of nitrogens with one attached hydrogen (secondary N) is 1. The van der Waals surface area contributed by atoms with Crippen molar-refractivity contribution in [2.45, 2.75) is 6.92 Å².